The van der Waals surface area contributed by atoms with E-state index in [4.69, 9.17) is 11.6 Å². The van der Waals surface area contributed by atoms with E-state index in [1.165, 1.54) is 6.07 Å². The van der Waals surface area contributed by atoms with Crippen LogP contribution in [-0.4, -0.2) is 0 Å². The first-order valence-electron chi connectivity index (χ1n) is 3.34. The zero-order valence-corrected chi connectivity index (χ0v) is 9.44. The van der Waals surface area contributed by atoms with Gasteiger partial charge in [0.05, 0.1) is 10.6 Å². The molecule has 1 aromatic carbocycles. The summed E-state index contributed by atoms with van der Waals surface area (Å²) < 4.78 is 49.4. The van der Waals surface area contributed by atoms with Gasteiger partial charge in [-0.15, -0.1) is 0 Å². The van der Waals surface area contributed by atoms with Crippen molar-refractivity contribution < 1.29 is 16.2 Å². The van der Waals surface area contributed by atoms with Gasteiger partial charge in [-0.3, -0.25) is 0 Å². The Balaban J connectivity index is 3.15. The summed E-state index contributed by atoms with van der Waals surface area (Å²) in [7, 11) is 0. The van der Waals surface area contributed by atoms with Crippen LogP contribution in [0.5, 0.6) is 0 Å². The van der Waals surface area contributed by atoms with Gasteiger partial charge in [0.15, 0.2) is 0 Å². The summed E-state index contributed by atoms with van der Waals surface area (Å²) in [5.74, 6) is 0. The quantitative estimate of drug-likeness (QED) is 0.653. The van der Waals surface area contributed by atoms with Gasteiger partial charge in [-0.1, -0.05) is 11.6 Å². The van der Waals surface area contributed by atoms with Crippen molar-refractivity contribution in [3.8, 4) is 0 Å². The van der Waals surface area contributed by atoms with Crippen LogP contribution in [0.4, 0.5) is 18.9 Å². The van der Waals surface area contributed by atoms with Gasteiger partial charge in [0.1, 0.15) is 0 Å². The Labute approximate surface area is 93.4 Å². The van der Waals surface area contributed by atoms with Crippen LogP contribution in [-0.2, 0) is 9.25 Å². The molecule has 0 aromatic heterocycles. The molecular formula is C7H4ClF3INO. The molecule has 0 aliphatic carbocycles. The van der Waals surface area contributed by atoms with Crippen LogP contribution >= 0.6 is 33.1 Å². The molecule has 14 heavy (non-hydrogen) atoms. The fourth-order valence-electron chi connectivity index (χ4n) is 0.846. The summed E-state index contributed by atoms with van der Waals surface area (Å²) in [5, 5.41) is -0.368. The lowest BCUT2D eigenvalue weighted by molar-refractivity contribution is -0.137. The fraction of sp³-hybridized carbons (Fsp3) is 0.143. The van der Waals surface area contributed by atoms with Crippen molar-refractivity contribution in [3.05, 3.63) is 28.8 Å². The molecule has 1 rings (SSSR count). The highest BCUT2D eigenvalue weighted by molar-refractivity contribution is 14.1. The minimum Gasteiger partial charge on any atom is -0.302 e. The van der Waals surface area contributed by atoms with Crippen molar-refractivity contribution in [1.29, 1.82) is 0 Å². The molecule has 78 valence electrons. The summed E-state index contributed by atoms with van der Waals surface area (Å²) in [6, 6.07) is 3.29. The topological polar surface area (TPSA) is 29.1 Å². The number of benzene rings is 1. The molecule has 1 aromatic rings. The maximum atomic E-state index is 12.3. The normalized spacial score (nSPS) is 11.4. The maximum absolute atomic E-state index is 12.3. The summed E-state index contributed by atoms with van der Waals surface area (Å²) in [5.41, 5.74) is -0.772. The van der Waals surface area contributed by atoms with Gasteiger partial charge in [-0.05, 0) is 18.2 Å². The number of nitrogens with one attached hydrogen (secondary N) is 1. The Hall–Kier alpha value is -0.370. The van der Waals surface area contributed by atoms with Crippen LogP contribution in [0.3, 0.4) is 0 Å². The predicted molar refractivity (Wildman–Crippen MR) is 54.8 cm³/mol. The minimum absolute atomic E-state index is 0.157. The zero-order chi connectivity index (χ0) is 10.8. The third-order valence-electron chi connectivity index (χ3n) is 1.42. The van der Waals surface area contributed by atoms with Crippen molar-refractivity contribution in [1.82, 2.24) is 0 Å². The summed E-state index contributed by atoms with van der Waals surface area (Å²) in [4.78, 5) is 0. The first kappa shape index (κ1) is 11.7. The van der Waals surface area contributed by atoms with Crippen molar-refractivity contribution in [2.24, 2.45) is 0 Å². The van der Waals surface area contributed by atoms with Gasteiger partial charge in [0.25, 0.3) is 21.5 Å². The molecule has 0 amide bonds. The number of rotatable bonds is 2. The number of anilines is 1. The second-order valence-electron chi connectivity index (χ2n) is 2.36. The largest absolute Gasteiger partial charge is 0.417 e. The Bertz CT molecular complexity index is 355. The van der Waals surface area contributed by atoms with E-state index in [1.807, 2.05) is 0 Å². The van der Waals surface area contributed by atoms with E-state index in [1.54, 1.807) is 0 Å². The first-order chi connectivity index (χ1) is 6.45. The highest BCUT2D eigenvalue weighted by Gasteiger charge is 2.33. The number of alkyl halides is 3. The molecule has 0 atom stereocenters. The van der Waals surface area contributed by atoms with Gasteiger partial charge >= 0.3 is 6.18 Å². The molecule has 0 aliphatic heterocycles. The van der Waals surface area contributed by atoms with Gasteiger partial charge < -0.3 is 3.53 Å². The van der Waals surface area contributed by atoms with E-state index in [-0.39, 0.29) is 10.7 Å². The van der Waals surface area contributed by atoms with Crippen LogP contribution in [0.25, 0.3) is 0 Å². The standard InChI is InChI=1S/C7H4ClF3INO/c8-6-2-1-4(13-12-14)3-5(6)7(9,10)11/h1-3H,(H,13,14). The molecule has 0 saturated carbocycles. The highest BCUT2D eigenvalue weighted by Crippen LogP contribution is 2.36. The smallest absolute Gasteiger partial charge is 0.302 e. The lowest BCUT2D eigenvalue weighted by Crippen LogP contribution is -2.05. The van der Waals surface area contributed by atoms with Crippen molar-refractivity contribution in [2.75, 3.05) is 3.53 Å². The number of halogens is 5. The van der Waals surface area contributed by atoms with E-state index in [0.29, 0.717) is 0 Å². The lowest BCUT2D eigenvalue weighted by Gasteiger charge is -2.09. The highest BCUT2D eigenvalue weighted by atomic mass is 127. The molecular weight excluding hydrogens is 333 g/mol. The van der Waals surface area contributed by atoms with E-state index >= 15 is 0 Å². The van der Waals surface area contributed by atoms with Gasteiger partial charge in [-0.25, -0.2) is 3.07 Å². The second-order valence-corrected chi connectivity index (χ2v) is 3.75. The first-order valence-corrected chi connectivity index (χ1v) is 5.67. The molecule has 7 heteroatoms. The SMILES string of the molecule is O=INc1ccc(Cl)c(C(F)(F)F)c1. The summed E-state index contributed by atoms with van der Waals surface area (Å²) in [6.07, 6.45) is -4.49. The van der Waals surface area contributed by atoms with Crippen LogP contribution in [0.2, 0.25) is 5.02 Å². The van der Waals surface area contributed by atoms with Gasteiger partial charge in [0, 0.05) is 5.69 Å². The molecule has 0 aliphatic rings. The zero-order valence-electron chi connectivity index (χ0n) is 6.53. The molecule has 0 unspecified atom stereocenters. The summed E-state index contributed by atoms with van der Waals surface area (Å²) >= 11 is 3.82. The molecule has 0 bridgehead atoms. The fourth-order valence-corrected chi connectivity index (χ4v) is 1.66. The van der Waals surface area contributed by atoms with Crippen LogP contribution in [0.15, 0.2) is 18.2 Å². The van der Waals surface area contributed by atoms with Gasteiger partial charge in [-0.2, -0.15) is 13.2 Å². The Morgan fingerprint density at radius 3 is 2.50 bits per heavy atom. The number of hydrogen-bond acceptors (Lipinski definition) is 1. The summed E-state index contributed by atoms with van der Waals surface area (Å²) in [6.45, 7) is 0. The van der Waals surface area contributed by atoms with Gasteiger partial charge in [0.2, 0.25) is 0 Å². The Kier molecular flexibility index (Phi) is 3.71. The van der Waals surface area contributed by atoms with Crippen molar-refractivity contribution in [2.45, 2.75) is 6.18 Å². The average molecular weight is 337 g/mol. The third kappa shape index (κ3) is 2.81. The Morgan fingerprint density at radius 2 is 2.00 bits per heavy atom. The monoisotopic (exact) mass is 337 g/mol. The average Bonchev–Trinajstić information content (AvgIpc) is 2.07. The van der Waals surface area contributed by atoms with E-state index in [0.717, 1.165) is 12.1 Å². The molecule has 0 radical (unpaired) electrons. The predicted octanol–water partition coefficient (Wildman–Crippen LogP) is 4.00. The van der Waals surface area contributed by atoms with E-state index in [9.17, 15) is 16.2 Å². The maximum Gasteiger partial charge on any atom is 0.417 e. The number of hydrogen-bond donors (Lipinski definition) is 1. The molecule has 0 heterocycles. The van der Waals surface area contributed by atoms with Crippen LogP contribution < -0.4 is 3.53 Å². The molecule has 0 saturated heterocycles. The molecule has 0 fully saturated rings. The Morgan fingerprint density at radius 1 is 1.36 bits per heavy atom. The van der Waals surface area contributed by atoms with Crippen LogP contribution in [0.1, 0.15) is 5.56 Å². The van der Waals surface area contributed by atoms with E-state index < -0.39 is 33.2 Å². The van der Waals surface area contributed by atoms with Crippen molar-refractivity contribution in [3.63, 3.8) is 0 Å². The van der Waals surface area contributed by atoms with Crippen LogP contribution in [0, 0.1) is 0 Å². The van der Waals surface area contributed by atoms with E-state index in [2.05, 4.69) is 3.53 Å². The lowest BCUT2D eigenvalue weighted by atomic mass is 10.2. The molecule has 1 N–H and O–H groups in total. The third-order valence-corrected chi connectivity index (χ3v) is 2.59. The molecule has 0 spiro atoms. The van der Waals surface area contributed by atoms with Crippen molar-refractivity contribution >= 4 is 38.8 Å². The minimum atomic E-state index is -4.49. The molecule has 2 nitrogen and oxygen atoms in total. The second kappa shape index (κ2) is 4.43.